The second-order valence-electron chi connectivity index (χ2n) is 2.62. The summed E-state index contributed by atoms with van der Waals surface area (Å²) in [5.41, 5.74) is 3.03. The molecular formula is C9H13N3O2. The molecule has 5 heteroatoms. The summed E-state index contributed by atoms with van der Waals surface area (Å²) in [5, 5.41) is 0. The van der Waals surface area contributed by atoms with E-state index in [4.69, 9.17) is 10.6 Å². The van der Waals surface area contributed by atoms with E-state index in [0.717, 1.165) is 0 Å². The normalized spacial score (nSPS) is 9.86. The number of rotatable bonds is 4. The fraction of sp³-hybridized carbons (Fsp3) is 0.333. The highest BCUT2D eigenvalue weighted by molar-refractivity contribution is 5.91. The number of nitrogens with zero attached hydrogens (tertiary/aromatic N) is 1. The van der Waals surface area contributed by atoms with Crippen molar-refractivity contribution < 1.29 is 9.53 Å². The van der Waals surface area contributed by atoms with Gasteiger partial charge in [-0.05, 0) is 19.1 Å². The predicted octanol–water partition coefficient (Wildman–Crippen LogP) is 0.222. The molecule has 0 aromatic carbocycles. The number of nitrogen functional groups attached to an aromatic ring is 1. The van der Waals surface area contributed by atoms with Crippen molar-refractivity contribution in [2.24, 2.45) is 5.84 Å². The van der Waals surface area contributed by atoms with E-state index in [1.54, 1.807) is 18.2 Å². The molecule has 1 heterocycles. The Morgan fingerprint density at radius 3 is 3.07 bits per heavy atom. The van der Waals surface area contributed by atoms with Crippen molar-refractivity contribution in [3.63, 3.8) is 0 Å². The van der Waals surface area contributed by atoms with E-state index in [2.05, 4.69) is 4.98 Å². The van der Waals surface area contributed by atoms with Crippen molar-refractivity contribution in [1.82, 2.24) is 10.4 Å². The van der Waals surface area contributed by atoms with Crippen molar-refractivity contribution in [3.8, 4) is 0 Å². The van der Waals surface area contributed by atoms with E-state index >= 15 is 0 Å². The molecule has 1 rings (SSSR count). The lowest BCUT2D eigenvalue weighted by Crippen LogP contribution is -2.30. The molecule has 0 atom stereocenters. The first-order valence-electron chi connectivity index (χ1n) is 4.32. The molecule has 0 aliphatic rings. The van der Waals surface area contributed by atoms with Gasteiger partial charge in [-0.15, -0.1) is 0 Å². The van der Waals surface area contributed by atoms with E-state index in [0.29, 0.717) is 24.6 Å². The Labute approximate surface area is 82.2 Å². The molecule has 1 aromatic rings. The van der Waals surface area contributed by atoms with Crippen LogP contribution in [0, 0.1) is 0 Å². The molecule has 5 nitrogen and oxygen atoms in total. The monoisotopic (exact) mass is 195 g/mol. The van der Waals surface area contributed by atoms with Crippen LogP contribution >= 0.6 is 0 Å². The van der Waals surface area contributed by atoms with Crippen LogP contribution in [-0.2, 0) is 11.3 Å². The van der Waals surface area contributed by atoms with Crippen LogP contribution in [0.5, 0.6) is 0 Å². The molecule has 1 amide bonds. The van der Waals surface area contributed by atoms with Crippen molar-refractivity contribution in [1.29, 1.82) is 0 Å². The maximum absolute atomic E-state index is 11.1. The van der Waals surface area contributed by atoms with Crippen molar-refractivity contribution in [3.05, 3.63) is 29.6 Å². The van der Waals surface area contributed by atoms with E-state index in [9.17, 15) is 4.79 Å². The van der Waals surface area contributed by atoms with E-state index in [1.165, 1.54) is 0 Å². The van der Waals surface area contributed by atoms with Crippen molar-refractivity contribution in [2.45, 2.75) is 13.5 Å². The Morgan fingerprint density at radius 1 is 1.64 bits per heavy atom. The second-order valence-corrected chi connectivity index (χ2v) is 2.62. The molecule has 76 valence electrons. The number of aromatic nitrogens is 1. The largest absolute Gasteiger partial charge is 0.375 e. The van der Waals surface area contributed by atoms with Gasteiger partial charge in [0.1, 0.15) is 5.69 Å². The molecular weight excluding hydrogens is 182 g/mol. The predicted molar refractivity (Wildman–Crippen MR) is 51.2 cm³/mol. The summed E-state index contributed by atoms with van der Waals surface area (Å²) < 4.78 is 5.16. The fourth-order valence-corrected chi connectivity index (χ4v) is 0.967. The lowest BCUT2D eigenvalue weighted by molar-refractivity contribution is 0.0946. The number of hydrogen-bond acceptors (Lipinski definition) is 4. The zero-order chi connectivity index (χ0) is 10.4. The number of nitrogens with one attached hydrogen (secondary N) is 1. The molecule has 0 fully saturated rings. The Kier molecular flexibility index (Phi) is 4.03. The summed E-state index contributed by atoms with van der Waals surface area (Å²) in [5.74, 6) is 4.58. The van der Waals surface area contributed by atoms with E-state index in [1.807, 2.05) is 12.3 Å². The van der Waals surface area contributed by atoms with Gasteiger partial charge in [-0.1, -0.05) is 6.07 Å². The van der Waals surface area contributed by atoms with Gasteiger partial charge < -0.3 is 4.74 Å². The van der Waals surface area contributed by atoms with Gasteiger partial charge in [0.05, 0.1) is 12.3 Å². The highest BCUT2D eigenvalue weighted by atomic mass is 16.5. The van der Waals surface area contributed by atoms with Crippen molar-refractivity contribution >= 4 is 5.91 Å². The van der Waals surface area contributed by atoms with Gasteiger partial charge in [0.2, 0.25) is 0 Å². The van der Waals surface area contributed by atoms with Crippen LogP contribution in [0.2, 0.25) is 0 Å². The number of carbonyl (C=O) groups excluding carboxylic acids is 1. The van der Waals surface area contributed by atoms with Crippen LogP contribution in [0.3, 0.4) is 0 Å². The first kappa shape index (κ1) is 10.6. The van der Waals surface area contributed by atoms with Gasteiger partial charge in [-0.3, -0.25) is 10.2 Å². The highest BCUT2D eigenvalue weighted by Crippen LogP contribution is 2.00. The molecule has 3 N–H and O–H groups in total. The van der Waals surface area contributed by atoms with E-state index in [-0.39, 0.29) is 0 Å². The van der Waals surface area contributed by atoms with Crippen LogP contribution < -0.4 is 11.3 Å². The zero-order valence-corrected chi connectivity index (χ0v) is 7.99. The minimum Gasteiger partial charge on any atom is -0.375 e. The molecule has 0 radical (unpaired) electrons. The van der Waals surface area contributed by atoms with Gasteiger partial charge in [0.15, 0.2) is 0 Å². The van der Waals surface area contributed by atoms with E-state index < -0.39 is 5.91 Å². The molecule has 1 aromatic heterocycles. The Balaban J connectivity index is 2.73. The number of amides is 1. The standard InChI is InChI=1S/C9H13N3O2/c1-2-14-6-7-4-3-5-8(11-7)9(13)12-10/h3-5H,2,6,10H2,1H3,(H,12,13). The third kappa shape index (κ3) is 2.79. The maximum atomic E-state index is 11.1. The third-order valence-corrected chi connectivity index (χ3v) is 1.62. The van der Waals surface area contributed by atoms with Crippen LogP contribution in [0.15, 0.2) is 18.2 Å². The summed E-state index contributed by atoms with van der Waals surface area (Å²) in [6, 6.07) is 5.13. The van der Waals surface area contributed by atoms with Gasteiger partial charge in [0.25, 0.3) is 5.91 Å². The minimum absolute atomic E-state index is 0.296. The van der Waals surface area contributed by atoms with Crippen molar-refractivity contribution in [2.75, 3.05) is 6.61 Å². The highest BCUT2D eigenvalue weighted by Gasteiger charge is 2.05. The number of pyridine rings is 1. The molecule has 0 spiro atoms. The fourth-order valence-electron chi connectivity index (χ4n) is 0.967. The zero-order valence-electron chi connectivity index (χ0n) is 7.99. The van der Waals surface area contributed by atoms with Crippen LogP contribution in [0.25, 0.3) is 0 Å². The lowest BCUT2D eigenvalue weighted by atomic mass is 10.3. The second kappa shape index (κ2) is 5.31. The Hall–Kier alpha value is -1.46. The summed E-state index contributed by atoms with van der Waals surface area (Å²) in [6.45, 7) is 2.92. The first-order chi connectivity index (χ1) is 6.77. The molecule has 0 saturated heterocycles. The summed E-state index contributed by atoms with van der Waals surface area (Å²) in [7, 11) is 0. The Morgan fingerprint density at radius 2 is 2.43 bits per heavy atom. The lowest BCUT2D eigenvalue weighted by Gasteiger charge is -2.03. The molecule has 0 aliphatic heterocycles. The van der Waals surface area contributed by atoms with Gasteiger partial charge in [-0.25, -0.2) is 10.8 Å². The van der Waals surface area contributed by atoms with Crippen LogP contribution in [-0.4, -0.2) is 17.5 Å². The number of ether oxygens (including phenoxy) is 1. The Bertz CT molecular complexity index is 315. The summed E-state index contributed by atoms with van der Waals surface area (Å²) in [6.07, 6.45) is 0. The smallest absolute Gasteiger partial charge is 0.283 e. The number of carbonyl (C=O) groups is 1. The maximum Gasteiger partial charge on any atom is 0.283 e. The number of hydrogen-bond donors (Lipinski definition) is 2. The average Bonchev–Trinajstić information content (AvgIpc) is 2.25. The number of nitrogens with two attached hydrogens (primary N) is 1. The topological polar surface area (TPSA) is 77.2 Å². The quantitative estimate of drug-likeness (QED) is 0.409. The van der Waals surface area contributed by atoms with Gasteiger partial charge in [0, 0.05) is 6.61 Å². The van der Waals surface area contributed by atoms with Gasteiger partial charge in [-0.2, -0.15) is 0 Å². The number of hydrazine groups is 1. The van der Waals surface area contributed by atoms with Gasteiger partial charge >= 0.3 is 0 Å². The average molecular weight is 195 g/mol. The molecule has 0 bridgehead atoms. The summed E-state index contributed by atoms with van der Waals surface area (Å²) in [4.78, 5) is 15.2. The summed E-state index contributed by atoms with van der Waals surface area (Å²) >= 11 is 0. The van der Waals surface area contributed by atoms with Crippen LogP contribution in [0.1, 0.15) is 23.1 Å². The minimum atomic E-state index is -0.400. The SMILES string of the molecule is CCOCc1cccc(C(=O)NN)n1. The van der Waals surface area contributed by atoms with Crippen LogP contribution in [0.4, 0.5) is 0 Å². The molecule has 14 heavy (non-hydrogen) atoms. The third-order valence-electron chi connectivity index (χ3n) is 1.62. The molecule has 0 aliphatic carbocycles. The first-order valence-corrected chi connectivity index (χ1v) is 4.32. The molecule has 0 saturated carbocycles. The molecule has 0 unspecified atom stereocenters.